The molecule has 2 fully saturated rings. The molecular formula is C20H33N3O2. The number of hydrogen-bond acceptors (Lipinski definition) is 3. The maximum absolute atomic E-state index is 5.42. The van der Waals surface area contributed by atoms with Gasteiger partial charge in [-0.05, 0) is 49.7 Å². The van der Waals surface area contributed by atoms with Crippen LogP contribution in [0.3, 0.4) is 0 Å². The third-order valence-corrected chi connectivity index (χ3v) is 5.56. The molecule has 0 amide bonds. The summed E-state index contributed by atoms with van der Waals surface area (Å²) in [6.45, 7) is 2.59. The molecule has 0 spiro atoms. The zero-order chi connectivity index (χ0) is 17.4. The second kappa shape index (κ2) is 9.27. The molecule has 140 valence electrons. The predicted molar refractivity (Wildman–Crippen MR) is 101 cm³/mol. The van der Waals surface area contributed by atoms with E-state index in [0.717, 1.165) is 44.3 Å². The van der Waals surface area contributed by atoms with Crippen LogP contribution in [0.1, 0.15) is 57.1 Å². The number of aliphatic imine (C=N–C) groups is 1. The smallest absolute Gasteiger partial charge is 0.191 e. The maximum Gasteiger partial charge on any atom is 0.191 e. The Balaban J connectivity index is 1.52. The van der Waals surface area contributed by atoms with Crippen LogP contribution < -0.4 is 10.6 Å². The molecule has 2 saturated carbocycles. The van der Waals surface area contributed by atoms with Gasteiger partial charge in [0.05, 0.1) is 6.26 Å². The van der Waals surface area contributed by atoms with Crippen LogP contribution in [0.25, 0.3) is 0 Å². The van der Waals surface area contributed by atoms with Gasteiger partial charge in [-0.3, -0.25) is 4.99 Å². The number of furan rings is 1. The molecule has 5 heteroatoms. The van der Waals surface area contributed by atoms with Crippen LogP contribution in [0.5, 0.6) is 0 Å². The molecule has 25 heavy (non-hydrogen) atoms. The highest BCUT2D eigenvalue weighted by Gasteiger charge is 2.41. The molecule has 1 heterocycles. The van der Waals surface area contributed by atoms with Crippen molar-refractivity contribution in [2.24, 2.45) is 10.4 Å². The SMILES string of the molecule is COCCC1(CN=C(NCCc2ccco2)NC2CCCCC2)CC1. The average Bonchev–Trinajstić information content (AvgIpc) is 3.22. The normalized spacial score (nSPS) is 20.4. The first-order valence-corrected chi connectivity index (χ1v) is 9.86. The summed E-state index contributed by atoms with van der Waals surface area (Å²) in [6, 6.07) is 4.53. The van der Waals surface area contributed by atoms with E-state index in [1.165, 1.54) is 44.9 Å². The first kappa shape index (κ1) is 18.3. The van der Waals surface area contributed by atoms with Crippen molar-refractivity contribution in [1.82, 2.24) is 10.6 Å². The third kappa shape index (κ3) is 6.07. The first-order valence-electron chi connectivity index (χ1n) is 9.86. The van der Waals surface area contributed by atoms with Crippen molar-refractivity contribution in [2.45, 2.75) is 63.8 Å². The standard InChI is InChI=1S/C20H33N3O2/c1-24-15-12-20(10-11-20)16-22-19(23-17-6-3-2-4-7-17)21-13-9-18-8-5-14-25-18/h5,8,14,17H,2-4,6-7,9-13,15-16H2,1H3,(H2,21,22,23). The molecule has 0 radical (unpaired) electrons. The van der Waals surface area contributed by atoms with Gasteiger partial charge in [-0.1, -0.05) is 19.3 Å². The van der Waals surface area contributed by atoms with Crippen molar-refractivity contribution in [2.75, 3.05) is 26.8 Å². The molecule has 0 unspecified atom stereocenters. The second-order valence-electron chi connectivity index (χ2n) is 7.64. The van der Waals surface area contributed by atoms with Gasteiger partial charge in [0.15, 0.2) is 5.96 Å². The molecule has 5 nitrogen and oxygen atoms in total. The lowest BCUT2D eigenvalue weighted by Gasteiger charge is -2.25. The Bertz CT molecular complexity index is 517. The van der Waals surface area contributed by atoms with Crippen LogP contribution >= 0.6 is 0 Å². The lowest BCUT2D eigenvalue weighted by Crippen LogP contribution is -2.45. The Labute approximate surface area is 151 Å². The molecule has 2 aliphatic rings. The number of methoxy groups -OCH3 is 1. The number of guanidine groups is 1. The zero-order valence-electron chi connectivity index (χ0n) is 15.6. The van der Waals surface area contributed by atoms with Crippen molar-refractivity contribution >= 4 is 5.96 Å². The summed E-state index contributed by atoms with van der Waals surface area (Å²) in [5, 5.41) is 7.18. The van der Waals surface area contributed by atoms with Crippen LogP contribution in [0, 0.1) is 5.41 Å². The predicted octanol–water partition coefficient (Wildman–Crippen LogP) is 3.51. The number of nitrogens with zero attached hydrogens (tertiary/aromatic N) is 1. The van der Waals surface area contributed by atoms with Crippen molar-refractivity contribution in [1.29, 1.82) is 0 Å². The zero-order valence-corrected chi connectivity index (χ0v) is 15.6. The summed E-state index contributed by atoms with van der Waals surface area (Å²) in [6.07, 6.45) is 12.8. The number of nitrogens with one attached hydrogen (secondary N) is 2. The molecule has 0 aliphatic heterocycles. The van der Waals surface area contributed by atoms with Gasteiger partial charge in [0.2, 0.25) is 0 Å². The van der Waals surface area contributed by atoms with E-state index in [1.54, 1.807) is 13.4 Å². The fraction of sp³-hybridized carbons (Fsp3) is 0.750. The second-order valence-corrected chi connectivity index (χ2v) is 7.64. The fourth-order valence-corrected chi connectivity index (χ4v) is 3.58. The fourth-order valence-electron chi connectivity index (χ4n) is 3.58. The van der Waals surface area contributed by atoms with Crippen LogP contribution in [0.15, 0.2) is 27.8 Å². The van der Waals surface area contributed by atoms with Crippen LogP contribution in [-0.4, -0.2) is 38.8 Å². The van der Waals surface area contributed by atoms with E-state index in [0.29, 0.717) is 11.5 Å². The molecule has 2 aliphatic carbocycles. The van der Waals surface area contributed by atoms with Gasteiger partial charge in [-0.25, -0.2) is 0 Å². The molecule has 0 bridgehead atoms. The average molecular weight is 348 g/mol. The topological polar surface area (TPSA) is 58.8 Å². The summed E-state index contributed by atoms with van der Waals surface area (Å²) < 4.78 is 10.7. The number of rotatable bonds is 9. The minimum absolute atomic E-state index is 0.387. The highest BCUT2D eigenvalue weighted by molar-refractivity contribution is 5.80. The largest absolute Gasteiger partial charge is 0.469 e. The molecular weight excluding hydrogens is 314 g/mol. The first-order chi connectivity index (χ1) is 12.3. The summed E-state index contributed by atoms with van der Waals surface area (Å²) in [5.41, 5.74) is 0.387. The van der Waals surface area contributed by atoms with Crippen LogP contribution in [-0.2, 0) is 11.2 Å². The molecule has 0 saturated heterocycles. The van der Waals surface area contributed by atoms with Gasteiger partial charge in [-0.2, -0.15) is 0 Å². The minimum atomic E-state index is 0.387. The minimum Gasteiger partial charge on any atom is -0.469 e. The number of ether oxygens (including phenoxy) is 1. The van der Waals surface area contributed by atoms with E-state index in [2.05, 4.69) is 10.6 Å². The highest BCUT2D eigenvalue weighted by Crippen LogP contribution is 2.48. The van der Waals surface area contributed by atoms with Crippen molar-refractivity contribution in [3.8, 4) is 0 Å². The Kier molecular flexibility index (Phi) is 6.79. The van der Waals surface area contributed by atoms with Crippen molar-refractivity contribution in [3.63, 3.8) is 0 Å². The van der Waals surface area contributed by atoms with E-state index in [4.69, 9.17) is 14.1 Å². The van der Waals surface area contributed by atoms with Crippen molar-refractivity contribution in [3.05, 3.63) is 24.2 Å². The van der Waals surface area contributed by atoms with Gasteiger partial charge >= 0.3 is 0 Å². The van der Waals surface area contributed by atoms with Gasteiger partial charge < -0.3 is 19.8 Å². The highest BCUT2D eigenvalue weighted by atomic mass is 16.5. The van der Waals surface area contributed by atoms with Gasteiger partial charge in [0.25, 0.3) is 0 Å². The molecule has 1 aromatic rings. The summed E-state index contributed by atoms with van der Waals surface area (Å²) in [4.78, 5) is 4.93. The third-order valence-electron chi connectivity index (χ3n) is 5.56. The Morgan fingerprint density at radius 2 is 2.16 bits per heavy atom. The maximum atomic E-state index is 5.42. The summed E-state index contributed by atoms with van der Waals surface area (Å²) in [7, 11) is 1.78. The van der Waals surface area contributed by atoms with Gasteiger partial charge in [0.1, 0.15) is 5.76 Å². The van der Waals surface area contributed by atoms with E-state index in [9.17, 15) is 0 Å². The lowest BCUT2D eigenvalue weighted by molar-refractivity contribution is 0.174. The summed E-state index contributed by atoms with van der Waals surface area (Å²) in [5.74, 6) is 1.99. The van der Waals surface area contributed by atoms with E-state index >= 15 is 0 Å². The van der Waals surface area contributed by atoms with Crippen LogP contribution in [0.4, 0.5) is 0 Å². The molecule has 0 atom stereocenters. The van der Waals surface area contributed by atoms with Crippen molar-refractivity contribution < 1.29 is 9.15 Å². The summed E-state index contributed by atoms with van der Waals surface area (Å²) >= 11 is 0. The Morgan fingerprint density at radius 1 is 1.32 bits per heavy atom. The monoisotopic (exact) mass is 347 g/mol. The molecule has 3 rings (SSSR count). The molecule has 2 N–H and O–H groups in total. The quantitative estimate of drug-likeness (QED) is 0.530. The number of hydrogen-bond donors (Lipinski definition) is 2. The van der Waals surface area contributed by atoms with E-state index < -0.39 is 0 Å². The van der Waals surface area contributed by atoms with Gasteiger partial charge in [0, 0.05) is 39.3 Å². The van der Waals surface area contributed by atoms with Crippen LogP contribution in [0.2, 0.25) is 0 Å². The Morgan fingerprint density at radius 3 is 2.84 bits per heavy atom. The lowest BCUT2D eigenvalue weighted by atomic mass is 9.96. The molecule has 0 aromatic carbocycles. The van der Waals surface area contributed by atoms with E-state index in [-0.39, 0.29) is 0 Å². The van der Waals surface area contributed by atoms with Gasteiger partial charge in [-0.15, -0.1) is 0 Å². The van der Waals surface area contributed by atoms with E-state index in [1.807, 2.05) is 12.1 Å². The molecule has 1 aromatic heterocycles. The Hall–Kier alpha value is -1.49.